The fourth-order valence-electron chi connectivity index (χ4n) is 3.28. The van der Waals surface area contributed by atoms with Crippen LogP contribution in [0.3, 0.4) is 0 Å². The van der Waals surface area contributed by atoms with Crippen LogP contribution in [0.2, 0.25) is 0 Å². The van der Waals surface area contributed by atoms with E-state index >= 15 is 0 Å². The zero-order valence-corrected chi connectivity index (χ0v) is 19.1. The molecule has 1 fully saturated rings. The first-order chi connectivity index (χ1) is 15.5. The van der Waals surface area contributed by atoms with Gasteiger partial charge >= 0.3 is 5.97 Å². The Morgan fingerprint density at radius 1 is 1.18 bits per heavy atom. The third kappa shape index (κ3) is 5.37. The van der Waals surface area contributed by atoms with Gasteiger partial charge in [-0.25, -0.2) is 17.1 Å². The Morgan fingerprint density at radius 3 is 2.55 bits per heavy atom. The van der Waals surface area contributed by atoms with E-state index in [4.69, 9.17) is 4.74 Å². The molecule has 1 aliphatic rings. The lowest BCUT2D eigenvalue weighted by atomic mass is 10.1. The van der Waals surface area contributed by atoms with E-state index in [1.165, 1.54) is 68.4 Å². The van der Waals surface area contributed by atoms with Crippen molar-refractivity contribution in [3.63, 3.8) is 0 Å². The fraction of sp³-hybridized carbons (Fsp3) is 0.318. The number of para-hydroxylation sites is 1. The number of ether oxygens (including phenoxy) is 1. The van der Waals surface area contributed by atoms with E-state index < -0.39 is 45.6 Å². The molecule has 3 rings (SSSR count). The topological polar surface area (TPSA) is 113 Å². The number of sulfonamides is 1. The van der Waals surface area contributed by atoms with Gasteiger partial charge in [0.25, 0.3) is 5.91 Å². The number of benzene rings is 2. The molecule has 2 atom stereocenters. The normalized spacial score (nSPS) is 17.2. The molecular formula is C22H24FN3O6S. The number of hydrogen-bond donors (Lipinski definition) is 1. The summed E-state index contributed by atoms with van der Waals surface area (Å²) >= 11 is 0. The minimum Gasteiger partial charge on any atom is -0.452 e. The fourth-order valence-corrected chi connectivity index (χ4v) is 4.23. The first-order valence-corrected chi connectivity index (χ1v) is 11.5. The Hall–Kier alpha value is -3.31. The molecule has 9 nitrogen and oxygen atoms in total. The van der Waals surface area contributed by atoms with Crippen molar-refractivity contribution in [2.24, 2.45) is 5.92 Å². The molecule has 33 heavy (non-hydrogen) atoms. The van der Waals surface area contributed by atoms with E-state index in [2.05, 4.69) is 5.32 Å². The van der Waals surface area contributed by atoms with Crippen molar-refractivity contribution in [2.75, 3.05) is 30.9 Å². The number of nitrogens with one attached hydrogen (secondary N) is 1. The summed E-state index contributed by atoms with van der Waals surface area (Å²) < 4.78 is 44.8. The molecule has 0 aliphatic carbocycles. The summed E-state index contributed by atoms with van der Waals surface area (Å²) in [6, 6.07) is 11.4. The lowest BCUT2D eigenvalue weighted by Crippen LogP contribution is -2.33. The first kappa shape index (κ1) is 24.3. The van der Waals surface area contributed by atoms with Crippen LogP contribution in [0.4, 0.5) is 15.8 Å². The maximum atomic E-state index is 14.0. The van der Waals surface area contributed by atoms with Crippen LogP contribution in [0, 0.1) is 11.7 Å². The van der Waals surface area contributed by atoms with Gasteiger partial charge in [0.2, 0.25) is 15.9 Å². The van der Waals surface area contributed by atoms with Crippen LogP contribution in [0.25, 0.3) is 0 Å². The van der Waals surface area contributed by atoms with Crippen molar-refractivity contribution in [1.82, 2.24) is 4.31 Å². The zero-order chi connectivity index (χ0) is 24.3. The first-order valence-electron chi connectivity index (χ1n) is 10.1. The highest BCUT2D eigenvalue weighted by atomic mass is 32.2. The van der Waals surface area contributed by atoms with Gasteiger partial charge in [-0.15, -0.1) is 0 Å². The highest BCUT2D eigenvalue weighted by Crippen LogP contribution is 2.28. The van der Waals surface area contributed by atoms with Crippen LogP contribution < -0.4 is 10.2 Å². The number of esters is 1. The molecule has 2 aromatic rings. The molecule has 2 amide bonds. The van der Waals surface area contributed by atoms with Gasteiger partial charge in [-0.05, 0) is 37.3 Å². The van der Waals surface area contributed by atoms with Crippen molar-refractivity contribution in [1.29, 1.82) is 0 Å². The molecule has 0 bridgehead atoms. The Morgan fingerprint density at radius 2 is 1.88 bits per heavy atom. The molecule has 0 spiro atoms. The summed E-state index contributed by atoms with van der Waals surface area (Å²) in [7, 11) is -0.905. The number of anilines is 2. The Balaban J connectivity index is 1.62. The van der Waals surface area contributed by atoms with Gasteiger partial charge in [-0.1, -0.05) is 18.2 Å². The number of carbonyl (C=O) groups excluding carboxylic acids is 3. The predicted molar refractivity (Wildman–Crippen MR) is 118 cm³/mol. The van der Waals surface area contributed by atoms with Gasteiger partial charge < -0.3 is 15.0 Å². The summed E-state index contributed by atoms with van der Waals surface area (Å²) in [5.41, 5.74) is 0.295. The number of halogens is 1. The van der Waals surface area contributed by atoms with Crippen LogP contribution in [-0.2, 0) is 29.1 Å². The number of rotatable bonds is 7. The van der Waals surface area contributed by atoms with Gasteiger partial charge in [0.15, 0.2) is 6.10 Å². The van der Waals surface area contributed by atoms with Crippen molar-refractivity contribution in [2.45, 2.75) is 24.3 Å². The Bertz CT molecular complexity index is 1180. The van der Waals surface area contributed by atoms with E-state index in [1.807, 2.05) is 0 Å². The predicted octanol–water partition coefficient (Wildman–Crippen LogP) is 2.00. The second-order valence-corrected chi connectivity index (χ2v) is 9.89. The summed E-state index contributed by atoms with van der Waals surface area (Å²) in [6.07, 6.45) is -1.37. The van der Waals surface area contributed by atoms with Crippen molar-refractivity contribution in [3.05, 3.63) is 54.3 Å². The standard InChI is InChI=1S/C22H24FN3O6S/c1-14(21(28)24-16-7-6-8-17(12-16)33(30,31)25(2)3)32-22(29)15-11-20(27)26(13-15)19-10-5-4-9-18(19)23/h4-10,12,14-15H,11,13H2,1-3H3,(H,24,28)/t14-,15-/m0/s1. The molecule has 1 saturated heterocycles. The molecule has 2 aromatic carbocycles. The molecule has 176 valence electrons. The van der Waals surface area contributed by atoms with Gasteiger partial charge in [0, 0.05) is 32.7 Å². The van der Waals surface area contributed by atoms with E-state index in [1.54, 1.807) is 6.07 Å². The highest BCUT2D eigenvalue weighted by Gasteiger charge is 2.38. The summed E-state index contributed by atoms with van der Waals surface area (Å²) in [5, 5.41) is 2.51. The maximum absolute atomic E-state index is 14.0. The third-order valence-corrected chi connectivity index (χ3v) is 6.96. The second kappa shape index (κ2) is 9.67. The second-order valence-electron chi connectivity index (χ2n) is 7.74. The molecule has 0 aromatic heterocycles. The van der Waals surface area contributed by atoms with Gasteiger partial charge in [-0.2, -0.15) is 0 Å². The number of hydrogen-bond acceptors (Lipinski definition) is 6. The molecule has 1 N–H and O–H groups in total. The highest BCUT2D eigenvalue weighted by molar-refractivity contribution is 7.89. The third-order valence-electron chi connectivity index (χ3n) is 5.14. The largest absolute Gasteiger partial charge is 0.452 e. The van der Waals surface area contributed by atoms with Crippen LogP contribution in [0.5, 0.6) is 0 Å². The molecule has 1 heterocycles. The molecule has 0 saturated carbocycles. The average molecular weight is 478 g/mol. The zero-order valence-electron chi connectivity index (χ0n) is 18.3. The maximum Gasteiger partial charge on any atom is 0.312 e. The molecule has 0 radical (unpaired) electrons. The van der Waals surface area contributed by atoms with E-state index in [-0.39, 0.29) is 29.2 Å². The summed E-state index contributed by atoms with van der Waals surface area (Å²) in [6.45, 7) is 1.30. The Labute approximate surface area is 191 Å². The van der Waals surface area contributed by atoms with Crippen LogP contribution in [-0.4, -0.2) is 57.3 Å². The number of carbonyl (C=O) groups is 3. The minimum atomic E-state index is -3.69. The van der Waals surface area contributed by atoms with Crippen molar-refractivity contribution < 1.29 is 31.9 Å². The van der Waals surface area contributed by atoms with Gasteiger partial charge in [0.1, 0.15) is 5.82 Å². The van der Waals surface area contributed by atoms with Crippen molar-refractivity contribution in [3.8, 4) is 0 Å². The summed E-state index contributed by atoms with van der Waals surface area (Å²) in [4.78, 5) is 38.5. The van der Waals surface area contributed by atoms with Crippen LogP contribution >= 0.6 is 0 Å². The molecule has 0 unspecified atom stereocenters. The smallest absolute Gasteiger partial charge is 0.312 e. The van der Waals surface area contributed by atoms with Crippen LogP contribution in [0.1, 0.15) is 13.3 Å². The number of amides is 2. The van der Waals surface area contributed by atoms with E-state index in [0.717, 1.165) is 4.31 Å². The van der Waals surface area contributed by atoms with Crippen LogP contribution in [0.15, 0.2) is 53.4 Å². The van der Waals surface area contributed by atoms with E-state index in [0.29, 0.717) is 0 Å². The molecular weight excluding hydrogens is 453 g/mol. The average Bonchev–Trinajstić information content (AvgIpc) is 3.15. The van der Waals surface area contributed by atoms with Gasteiger partial charge in [0.05, 0.1) is 16.5 Å². The van der Waals surface area contributed by atoms with Gasteiger partial charge in [-0.3, -0.25) is 14.4 Å². The number of nitrogens with zero attached hydrogens (tertiary/aromatic N) is 2. The lowest BCUT2D eigenvalue weighted by Gasteiger charge is -2.18. The lowest BCUT2D eigenvalue weighted by molar-refractivity contribution is -0.157. The minimum absolute atomic E-state index is 0.00680. The SMILES string of the molecule is C[C@H](OC(=O)[C@H]1CC(=O)N(c2ccccc2F)C1)C(=O)Nc1cccc(S(=O)(=O)N(C)C)c1. The quantitative estimate of drug-likeness (QED) is 0.611. The Kier molecular flexibility index (Phi) is 7.13. The molecule has 11 heteroatoms. The monoisotopic (exact) mass is 477 g/mol. The molecule has 1 aliphatic heterocycles. The summed E-state index contributed by atoms with van der Waals surface area (Å²) in [5.74, 6) is -3.27. The van der Waals surface area contributed by atoms with E-state index in [9.17, 15) is 27.2 Å². The van der Waals surface area contributed by atoms with Crippen molar-refractivity contribution >= 4 is 39.2 Å².